The van der Waals surface area contributed by atoms with Gasteiger partial charge in [-0.2, -0.15) is 0 Å². The normalized spacial score (nSPS) is 10.3. The minimum atomic E-state index is -0.251. The van der Waals surface area contributed by atoms with Crippen LogP contribution in [0.4, 0.5) is 10.1 Å². The lowest BCUT2D eigenvalue weighted by Crippen LogP contribution is -2.02. The molecule has 0 unspecified atom stereocenters. The van der Waals surface area contributed by atoms with Crippen molar-refractivity contribution >= 4 is 5.69 Å². The number of benzene rings is 2. The maximum absolute atomic E-state index is 13.8. The first kappa shape index (κ1) is 14.4. The van der Waals surface area contributed by atoms with Crippen molar-refractivity contribution in [1.82, 2.24) is 0 Å². The highest BCUT2D eigenvalue weighted by molar-refractivity contribution is 5.45. The van der Waals surface area contributed by atoms with Crippen LogP contribution in [0.1, 0.15) is 24.5 Å². The molecule has 0 saturated carbocycles. The molecule has 2 aromatic carbocycles. The summed E-state index contributed by atoms with van der Waals surface area (Å²) >= 11 is 0. The average molecular weight is 273 g/mol. The van der Waals surface area contributed by atoms with E-state index in [1.165, 1.54) is 18.7 Å². The van der Waals surface area contributed by atoms with Crippen LogP contribution < -0.4 is 10.1 Å². The Labute approximate surface area is 119 Å². The number of nitrogens with one attached hydrogen (secondary N) is 1. The van der Waals surface area contributed by atoms with Crippen molar-refractivity contribution in [1.29, 1.82) is 0 Å². The van der Waals surface area contributed by atoms with Gasteiger partial charge in [-0.1, -0.05) is 31.5 Å². The second-order valence-electron chi connectivity index (χ2n) is 4.76. The molecular formula is C17H20FNO. The van der Waals surface area contributed by atoms with Crippen LogP contribution in [0.15, 0.2) is 42.5 Å². The number of hydrogen-bond donors (Lipinski definition) is 1. The molecule has 0 aliphatic carbocycles. The van der Waals surface area contributed by atoms with Crippen molar-refractivity contribution in [2.45, 2.75) is 26.3 Å². The highest BCUT2D eigenvalue weighted by Crippen LogP contribution is 2.18. The van der Waals surface area contributed by atoms with Crippen LogP contribution in [0.2, 0.25) is 0 Å². The van der Waals surface area contributed by atoms with Gasteiger partial charge in [0, 0.05) is 23.9 Å². The number of hydrogen-bond acceptors (Lipinski definition) is 2. The molecule has 0 bridgehead atoms. The van der Waals surface area contributed by atoms with E-state index in [0.717, 1.165) is 18.5 Å². The van der Waals surface area contributed by atoms with Gasteiger partial charge >= 0.3 is 0 Å². The minimum absolute atomic E-state index is 0.251. The van der Waals surface area contributed by atoms with E-state index >= 15 is 0 Å². The Kier molecular flexibility index (Phi) is 4.99. The van der Waals surface area contributed by atoms with E-state index in [0.29, 0.717) is 17.9 Å². The van der Waals surface area contributed by atoms with Gasteiger partial charge in [-0.25, -0.2) is 4.39 Å². The van der Waals surface area contributed by atoms with E-state index in [-0.39, 0.29) is 5.82 Å². The standard InChI is InChI=1S/C17H20FNO/c1-3-4-13-5-8-15(9-6-13)19-12-14-7-10-16(20-2)11-17(14)18/h5-11,19H,3-4,12H2,1-2H3. The van der Waals surface area contributed by atoms with Crippen molar-refractivity contribution < 1.29 is 9.13 Å². The highest BCUT2D eigenvalue weighted by Gasteiger charge is 2.04. The van der Waals surface area contributed by atoms with Crippen molar-refractivity contribution in [2.24, 2.45) is 0 Å². The first-order chi connectivity index (χ1) is 9.72. The Morgan fingerprint density at radius 1 is 1.10 bits per heavy atom. The van der Waals surface area contributed by atoms with Crippen LogP contribution in [0.5, 0.6) is 5.75 Å². The number of aryl methyl sites for hydroxylation is 1. The maximum atomic E-state index is 13.8. The predicted molar refractivity (Wildman–Crippen MR) is 80.7 cm³/mol. The van der Waals surface area contributed by atoms with Crippen LogP contribution in [0.25, 0.3) is 0 Å². The van der Waals surface area contributed by atoms with Gasteiger partial charge in [-0.15, -0.1) is 0 Å². The Morgan fingerprint density at radius 2 is 1.85 bits per heavy atom. The lowest BCUT2D eigenvalue weighted by atomic mass is 10.1. The fourth-order valence-electron chi connectivity index (χ4n) is 2.07. The van der Waals surface area contributed by atoms with Crippen LogP contribution in [-0.2, 0) is 13.0 Å². The van der Waals surface area contributed by atoms with Crippen molar-refractivity contribution in [3.63, 3.8) is 0 Å². The molecule has 0 radical (unpaired) electrons. The summed E-state index contributed by atoms with van der Waals surface area (Å²) in [5, 5.41) is 3.23. The van der Waals surface area contributed by atoms with Crippen LogP contribution in [0, 0.1) is 5.82 Å². The lowest BCUT2D eigenvalue weighted by molar-refractivity contribution is 0.411. The SMILES string of the molecule is CCCc1ccc(NCc2ccc(OC)cc2F)cc1. The van der Waals surface area contributed by atoms with Gasteiger partial charge < -0.3 is 10.1 Å². The Hall–Kier alpha value is -2.03. The second-order valence-corrected chi connectivity index (χ2v) is 4.76. The van der Waals surface area contributed by atoms with Crippen LogP contribution in [-0.4, -0.2) is 7.11 Å². The first-order valence-electron chi connectivity index (χ1n) is 6.88. The third-order valence-electron chi connectivity index (χ3n) is 3.24. The van der Waals surface area contributed by atoms with E-state index in [9.17, 15) is 4.39 Å². The van der Waals surface area contributed by atoms with E-state index in [4.69, 9.17) is 4.74 Å². The zero-order chi connectivity index (χ0) is 14.4. The van der Waals surface area contributed by atoms with Gasteiger partial charge in [0.1, 0.15) is 11.6 Å². The molecule has 0 aliphatic rings. The molecule has 2 aromatic rings. The van der Waals surface area contributed by atoms with E-state index < -0.39 is 0 Å². The molecule has 106 valence electrons. The first-order valence-corrected chi connectivity index (χ1v) is 6.88. The molecule has 20 heavy (non-hydrogen) atoms. The predicted octanol–water partition coefficient (Wildman–Crippen LogP) is 4.40. The summed E-state index contributed by atoms with van der Waals surface area (Å²) in [7, 11) is 1.53. The number of methoxy groups -OCH3 is 1. The Balaban J connectivity index is 1.97. The molecule has 0 heterocycles. The zero-order valence-electron chi connectivity index (χ0n) is 11.9. The van der Waals surface area contributed by atoms with E-state index in [1.807, 2.05) is 12.1 Å². The van der Waals surface area contributed by atoms with Gasteiger partial charge in [-0.3, -0.25) is 0 Å². The number of ether oxygens (including phenoxy) is 1. The van der Waals surface area contributed by atoms with Gasteiger partial charge in [0.05, 0.1) is 7.11 Å². The van der Waals surface area contributed by atoms with Gasteiger partial charge in [-0.05, 0) is 30.2 Å². The summed E-state index contributed by atoms with van der Waals surface area (Å²) in [5.41, 5.74) is 2.96. The van der Waals surface area contributed by atoms with E-state index in [1.54, 1.807) is 12.1 Å². The molecule has 0 saturated heterocycles. The summed E-state index contributed by atoms with van der Waals surface area (Å²) in [6.07, 6.45) is 2.23. The molecule has 3 heteroatoms. The molecule has 0 amide bonds. The highest BCUT2D eigenvalue weighted by atomic mass is 19.1. The molecule has 2 rings (SSSR count). The number of anilines is 1. The molecule has 2 nitrogen and oxygen atoms in total. The Morgan fingerprint density at radius 3 is 2.45 bits per heavy atom. The fraction of sp³-hybridized carbons (Fsp3) is 0.294. The molecule has 0 aromatic heterocycles. The van der Waals surface area contributed by atoms with Crippen molar-refractivity contribution in [2.75, 3.05) is 12.4 Å². The summed E-state index contributed by atoms with van der Waals surface area (Å²) in [6, 6.07) is 13.2. The van der Waals surface area contributed by atoms with Crippen molar-refractivity contribution in [3.05, 3.63) is 59.4 Å². The van der Waals surface area contributed by atoms with Crippen LogP contribution >= 0.6 is 0 Å². The number of rotatable bonds is 6. The van der Waals surface area contributed by atoms with Crippen molar-refractivity contribution in [3.8, 4) is 5.75 Å². The summed E-state index contributed by atoms with van der Waals surface area (Å²) in [4.78, 5) is 0. The minimum Gasteiger partial charge on any atom is -0.497 e. The van der Waals surface area contributed by atoms with Gasteiger partial charge in [0.2, 0.25) is 0 Å². The molecule has 1 N–H and O–H groups in total. The largest absolute Gasteiger partial charge is 0.497 e. The molecule has 0 aliphatic heterocycles. The van der Waals surface area contributed by atoms with Gasteiger partial charge in [0.25, 0.3) is 0 Å². The third-order valence-corrected chi connectivity index (χ3v) is 3.24. The monoisotopic (exact) mass is 273 g/mol. The topological polar surface area (TPSA) is 21.3 Å². The summed E-state index contributed by atoms with van der Waals surface area (Å²) < 4.78 is 18.8. The third kappa shape index (κ3) is 3.73. The zero-order valence-corrected chi connectivity index (χ0v) is 11.9. The lowest BCUT2D eigenvalue weighted by Gasteiger charge is -2.09. The molecule has 0 fully saturated rings. The molecule has 0 atom stereocenters. The second kappa shape index (κ2) is 6.94. The summed E-state index contributed by atoms with van der Waals surface area (Å²) in [6.45, 7) is 2.63. The Bertz CT molecular complexity index is 551. The summed E-state index contributed by atoms with van der Waals surface area (Å²) in [5.74, 6) is 0.287. The quantitative estimate of drug-likeness (QED) is 0.842. The molecular weight excluding hydrogens is 253 g/mol. The fourth-order valence-corrected chi connectivity index (χ4v) is 2.07. The maximum Gasteiger partial charge on any atom is 0.131 e. The van der Waals surface area contributed by atoms with Crippen LogP contribution in [0.3, 0.4) is 0 Å². The number of halogens is 1. The average Bonchev–Trinajstić information content (AvgIpc) is 2.48. The van der Waals surface area contributed by atoms with E-state index in [2.05, 4.69) is 24.4 Å². The van der Waals surface area contributed by atoms with Gasteiger partial charge in [0.15, 0.2) is 0 Å². The smallest absolute Gasteiger partial charge is 0.131 e. The molecule has 0 spiro atoms.